The van der Waals surface area contributed by atoms with Crippen LogP contribution in [0, 0.1) is 0 Å². The van der Waals surface area contributed by atoms with Crippen molar-refractivity contribution in [3.05, 3.63) is 17.8 Å². The molecule has 0 amide bonds. The quantitative estimate of drug-likeness (QED) is 0.756. The molecule has 0 aliphatic carbocycles. The average Bonchev–Trinajstić information content (AvgIpc) is 2.59. The highest BCUT2D eigenvalue weighted by Crippen LogP contribution is 2.26. The zero-order valence-corrected chi connectivity index (χ0v) is 8.51. The number of aryl methyl sites for hydroxylation is 1. The fourth-order valence-electron chi connectivity index (χ4n) is 0.893. The van der Waals surface area contributed by atoms with Crippen molar-refractivity contribution < 1.29 is 4.74 Å². The second kappa shape index (κ2) is 3.70. The van der Waals surface area contributed by atoms with Crippen LogP contribution < -0.4 is 10.5 Å². The molecule has 0 atom stereocenters. The molecule has 2 aromatic heterocycles. The second-order valence-electron chi connectivity index (χ2n) is 2.69. The number of halogens is 1. The van der Waals surface area contributed by atoms with Gasteiger partial charge in [-0.1, -0.05) is 11.6 Å². The summed E-state index contributed by atoms with van der Waals surface area (Å²) < 4.78 is 6.70. The molecule has 7 nitrogen and oxygen atoms in total. The van der Waals surface area contributed by atoms with Crippen LogP contribution >= 0.6 is 11.6 Å². The second-order valence-corrected chi connectivity index (χ2v) is 3.04. The minimum absolute atomic E-state index is 0.135. The molecule has 0 unspecified atom stereocenters. The molecule has 0 saturated carbocycles. The molecule has 0 bridgehead atoms. The lowest BCUT2D eigenvalue weighted by atomic mass is 10.5. The Bertz CT molecular complexity index is 484. The van der Waals surface area contributed by atoms with Gasteiger partial charge in [0, 0.05) is 7.05 Å². The molecule has 2 aromatic rings. The van der Waals surface area contributed by atoms with E-state index in [1.165, 1.54) is 17.3 Å². The van der Waals surface area contributed by atoms with Crippen molar-refractivity contribution in [1.29, 1.82) is 0 Å². The minimum Gasteiger partial charge on any atom is -0.402 e. The molecule has 0 spiro atoms. The first-order chi connectivity index (χ1) is 7.16. The normalized spacial score (nSPS) is 10.3. The summed E-state index contributed by atoms with van der Waals surface area (Å²) in [6.07, 6.45) is 2.74. The number of anilines is 1. The van der Waals surface area contributed by atoms with Gasteiger partial charge in [0.1, 0.15) is 18.3 Å². The highest BCUT2D eigenvalue weighted by atomic mass is 35.5. The molecule has 15 heavy (non-hydrogen) atoms. The van der Waals surface area contributed by atoms with E-state index >= 15 is 0 Å². The number of aromatic nitrogens is 5. The van der Waals surface area contributed by atoms with Gasteiger partial charge in [-0.3, -0.25) is 4.68 Å². The van der Waals surface area contributed by atoms with Gasteiger partial charge in [-0.25, -0.2) is 4.98 Å². The Morgan fingerprint density at radius 1 is 1.40 bits per heavy atom. The summed E-state index contributed by atoms with van der Waals surface area (Å²) >= 11 is 5.68. The first-order valence-electron chi connectivity index (χ1n) is 3.96. The Kier molecular flexibility index (Phi) is 2.38. The van der Waals surface area contributed by atoms with Gasteiger partial charge in [0.15, 0.2) is 5.15 Å². The Labute approximate surface area is 89.9 Å². The standard InChI is InChI=1S/C7H7ClN6O/c1-14-3-12-7(13-14)15-6-4(9)5(8)10-2-11-6/h2-3H,9H2,1H3. The molecule has 2 rings (SSSR count). The molecule has 0 fully saturated rings. The summed E-state index contributed by atoms with van der Waals surface area (Å²) in [5.74, 6) is 0.140. The zero-order chi connectivity index (χ0) is 10.8. The van der Waals surface area contributed by atoms with Crippen LogP contribution in [0.25, 0.3) is 0 Å². The van der Waals surface area contributed by atoms with Crippen molar-refractivity contribution >= 4 is 17.3 Å². The van der Waals surface area contributed by atoms with Gasteiger partial charge in [-0.05, 0) is 0 Å². The summed E-state index contributed by atoms with van der Waals surface area (Å²) in [6.45, 7) is 0. The highest BCUT2D eigenvalue weighted by Gasteiger charge is 2.10. The predicted molar refractivity (Wildman–Crippen MR) is 52.5 cm³/mol. The number of ether oxygens (including phenoxy) is 1. The van der Waals surface area contributed by atoms with E-state index in [4.69, 9.17) is 22.1 Å². The Hall–Kier alpha value is -1.89. The predicted octanol–water partition coefficient (Wildman–Crippen LogP) is 0.633. The molecule has 8 heteroatoms. The number of rotatable bonds is 2. The number of nitrogens with zero attached hydrogens (tertiary/aromatic N) is 5. The monoisotopic (exact) mass is 226 g/mol. The lowest BCUT2D eigenvalue weighted by molar-refractivity contribution is 0.424. The van der Waals surface area contributed by atoms with E-state index in [0.717, 1.165) is 0 Å². The van der Waals surface area contributed by atoms with Crippen molar-refractivity contribution in [2.45, 2.75) is 0 Å². The Morgan fingerprint density at radius 3 is 2.87 bits per heavy atom. The van der Waals surface area contributed by atoms with Gasteiger partial charge in [-0.2, -0.15) is 9.97 Å². The maximum Gasteiger partial charge on any atom is 0.342 e. The first kappa shape index (κ1) is 9.66. The van der Waals surface area contributed by atoms with Gasteiger partial charge >= 0.3 is 6.01 Å². The van der Waals surface area contributed by atoms with Crippen molar-refractivity contribution in [3.63, 3.8) is 0 Å². The average molecular weight is 227 g/mol. The fourth-order valence-corrected chi connectivity index (χ4v) is 1.02. The molecular weight excluding hydrogens is 220 g/mol. The number of hydrogen-bond donors (Lipinski definition) is 1. The third-order valence-electron chi connectivity index (χ3n) is 1.57. The van der Waals surface area contributed by atoms with E-state index in [2.05, 4.69) is 20.1 Å². The van der Waals surface area contributed by atoms with E-state index < -0.39 is 0 Å². The fraction of sp³-hybridized carbons (Fsp3) is 0.143. The van der Waals surface area contributed by atoms with Crippen LogP contribution in [0.2, 0.25) is 5.15 Å². The molecular formula is C7H7ClN6O. The van der Waals surface area contributed by atoms with E-state index in [1.807, 2.05) is 0 Å². The summed E-state index contributed by atoms with van der Waals surface area (Å²) in [6, 6.07) is 0.152. The summed E-state index contributed by atoms with van der Waals surface area (Å²) in [7, 11) is 1.72. The SMILES string of the molecule is Cn1cnc(Oc2ncnc(Cl)c2N)n1. The van der Waals surface area contributed by atoms with Crippen LogP contribution in [0.5, 0.6) is 11.9 Å². The molecule has 0 saturated heterocycles. The van der Waals surface area contributed by atoms with Crippen LogP contribution in [0.1, 0.15) is 0 Å². The molecule has 0 radical (unpaired) electrons. The maximum absolute atomic E-state index is 5.68. The van der Waals surface area contributed by atoms with Gasteiger partial charge < -0.3 is 10.5 Å². The molecule has 0 aliphatic rings. The molecule has 0 aromatic carbocycles. The van der Waals surface area contributed by atoms with E-state index in [-0.39, 0.29) is 22.7 Å². The number of hydrogen-bond acceptors (Lipinski definition) is 6. The zero-order valence-electron chi connectivity index (χ0n) is 7.75. The number of nitrogen functional groups attached to an aromatic ring is 1. The minimum atomic E-state index is 0.135. The summed E-state index contributed by atoms with van der Waals surface area (Å²) in [5.41, 5.74) is 5.75. The van der Waals surface area contributed by atoms with Gasteiger partial charge in [0.05, 0.1) is 0 Å². The lowest BCUT2D eigenvalue weighted by Crippen LogP contribution is -1.98. The molecule has 78 valence electrons. The third kappa shape index (κ3) is 1.96. The molecule has 2 N–H and O–H groups in total. The largest absolute Gasteiger partial charge is 0.402 e. The molecule has 2 heterocycles. The van der Waals surface area contributed by atoms with Crippen molar-refractivity contribution in [3.8, 4) is 11.9 Å². The van der Waals surface area contributed by atoms with Crippen molar-refractivity contribution in [1.82, 2.24) is 24.7 Å². The van der Waals surface area contributed by atoms with Gasteiger partial charge in [0.2, 0.25) is 0 Å². The first-order valence-corrected chi connectivity index (χ1v) is 4.34. The lowest BCUT2D eigenvalue weighted by Gasteiger charge is -2.03. The van der Waals surface area contributed by atoms with Gasteiger partial charge in [-0.15, -0.1) is 5.10 Å². The van der Waals surface area contributed by atoms with E-state index in [9.17, 15) is 0 Å². The highest BCUT2D eigenvalue weighted by molar-refractivity contribution is 6.32. The van der Waals surface area contributed by atoms with Crippen molar-refractivity contribution in [2.24, 2.45) is 7.05 Å². The van der Waals surface area contributed by atoms with Crippen LogP contribution in [-0.4, -0.2) is 24.7 Å². The smallest absolute Gasteiger partial charge is 0.342 e. The Morgan fingerprint density at radius 2 is 2.20 bits per heavy atom. The Balaban J connectivity index is 2.28. The van der Waals surface area contributed by atoms with Crippen LogP contribution in [-0.2, 0) is 7.05 Å². The summed E-state index contributed by atoms with van der Waals surface area (Å²) in [5, 5.41) is 4.04. The third-order valence-corrected chi connectivity index (χ3v) is 1.87. The number of nitrogens with two attached hydrogens (primary N) is 1. The van der Waals surface area contributed by atoms with Gasteiger partial charge in [0.25, 0.3) is 5.88 Å². The maximum atomic E-state index is 5.68. The van der Waals surface area contributed by atoms with Crippen LogP contribution in [0.3, 0.4) is 0 Å². The topological polar surface area (TPSA) is 91.7 Å². The van der Waals surface area contributed by atoms with E-state index in [0.29, 0.717) is 0 Å². The molecule has 0 aliphatic heterocycles. The van der Waals surface area contributed by atoms with Crippen LogP contribution in [0.15, 0.2) is 12.7 Å². The van der Waals surface area contributed by atoms with Crippen molar-refractivity contribution in [2.75, 3.05) is 5.73 Å². The van der Waals surface area contributed by atoms with Crippen LogP contribution in [0.4, 0.5) is 5.69 Å². The van der Waals surface area contributed by atoms with E-state index in [1.54, 1.807) is 7.05 Å². The summed E-state index contributed by atoms with van der Waals surface area (Å²) in [4.78, 5) is 11.4.